The fraction of sp³-hybridized carbons (Fsp3) is 0.380. The minimum Gasteiger partial charge on any atom is -0.462 e. The van der Waals surface area contributed by atoms with Crippen molar-refractivity contribution in [1.29, 1.82) is 0 Å². The number of hydrogen-bond acceptors (Lipinski definition) is 13. The molecule has 9 rings (SSSR count). The molecule has 4 saturated heterocycles. The van der Waals surface area contributed by atoms with Crippen molar-refractivity contribution in [2.24, 2.45) is 10.8 Å². The SMILES string of the molecule is CN(C(=O)[C@@]12C[C@H]3OC(=O)[C@@H]1N(Cc1ccccc1C=CC(=O)O[C@H]1C(=O)OCC1(C)C)O[C@@H]2[C@H]1OC(c2ccccc2)(c2ccccc2)O[C@H]13)[C@H](Cc1ccccc1)C(=O)NCCO. The Balaban J connectivity index is 1.10. The van der Waals surface area contributed by atoms with Gasteiger partial charge in [0.2, 0.25) is 23.7 Å². The topological polar surface area (TPSA) is 179 Å². The van der Waals surface area contributed by atoms with Crippen LogP contribution in [0.3, 0.4) is 0 Å². The number of aliphatic hydroxyl groups excluding tert-OH is 1. The van der Waals surface area contributed by atoms with Gasteiger partial charge < -0.3 is 39.0 Å². The molecule has 0 aromatic heterocycles. The van der Waals surface area contributed by atoms with Crippen LogP contribution in [0.5, 0.6) is 0 Å². The van der Waals surface area contributed by atoms with E-state index in [4.69, 9.17) is 28.5 Å². The molecule has 2 bridgehead atoms. The highest BCUT2D eigenvalue weighted by Gasteiger charge is 2.77. The second-order valence-electron chi connectivity index (χ2n) is 17.8. The zero-order valence-electron chi connectivity index (χ0n) is 36.2. The number of hydroxylamine groups is 2. The molecule has 15 nitrogen and oxygen atoms in total. The number of amides is 2. The van der Waals surface area contributed by atoms with Crippen LogP contribution in [0.4, 0.5) is 0 Å². The Kier molecular flexibility index (Phi) is 11.9. The van der Waals surface area contributed by atoms with Crippen LogP contribution in [0.1, 0.15) is 48.1 Å². The highest BCUT2D eigenvalue weighted by Crippen LogP contribution is 2.60. The molecule has 0 unspecified atom stereocenters. The van der Waals surface area contributed by atoms with Crippen LogP contribution in [0, 0.1) is 10.8 Å². The lowest BCUT2D eigenvalue weighted by atomic mass is 9.62. The second-order valence-corrected chi connectivity index (χ2v) is 17.8. The molecule has 5 fully saturated rings. The van der Waals surface area contributed by atoms with Gasteiger partial charge in [0, 0.05) is 49.1 Å². The fourth-order valence-corrected chi connectivity index (χ4v) is 9.94. The molecule has 1 aliphatic carbocycles. The number of nitrogens with one attached hydrogen (secondary N) is 1. The number of ether oxygens (including phenoxy) is 5. The number of esters is 3. The number of hydrogen-bond donors (Lipinski definition) is 2. The summed E-state index contributed by atoms with van der Waals surface area (Å²) in [5, 5.41) is 13.8. The second kappa shape index (κ2) is 17.6. The normalized spacial score (nSPS) is 27.6. The van der Waals surface area contributed by atoms with Gasteiger partial charge in [-0.3, -0.25) is 19.2 Å². The molecule has 338 valence electrons. The minimum absolute atomic E-state index is 0.0123. The van der Waals surface area contributed by atoms with E-state index in [2.05, 4.69) is 5.32 Å². The van der Waals surface area contributed by atoms with Gasteiger partial charge in [-0.15, -0.1) is 0 Å². The predicted molar refractivity (Wildman–Crippen MR) is 231 cm³/mol. The minimum atomic E-state index is -1.66. The quantitative estimate of drug-likeness (QED) is 0.106. The van der Waals surface area contributed by atoms with Crippen molar-refractivity contribution in [3.8, 4) is 0 Å². The number of fused-ring (bicyclic) bond motifs is 4. The van der Waals surface area contributed by atoms with Gasteiger partial charge in [-0.2, -0.15) is 5.06 Å². The van der Waals surface area contributed by atoms with E-state index in [-0.39, 0.29) is 39.1 Å². The van der Waals surface area contributed by atoms with Crippen molar-refractivity contribution in [1.82, 2.24) is 15.3 Å². The molecular formula is C50H51N3O12. The van der Waals surface area contributed by atoms with Crippen molar-refractivity contribution < 1.29 is 57.6 Å². The first-order valence-electron chi connectivity index (χ1n) is 21.8. The molecule has 1 saturated carbocycles. The largest absolute Gasteiger partial charge is 0.462 e. The summed E-state index contributed by atoms with van der Waals surface area (Å²) in [5.74, 6) is -4.56. The zero-order chi connectivity index (χ0) is 45.5. The van der Waals surface area contributed by atoms with Crippen molar-refractivity contribution in [2.45, 2.75) is 81.6 Å². The van der Waals surface area contributed by atoms with E-state index in [9.17, 15) is 24.3 Å². The van der Waals surface area contributed by atoms with Gasteiger partial charge in [0.05, 0.1) is 13.2 Å². The molecule has 2 amide bonds. The lowest BCUT2D eigenvalue weighted by Gasteiger charge is -2.50. The molecule has 0 radical (unpaired) electrons. The number of aliphatic hydroxyl groups is 1. The molecule has 65 heavy (non-hydrogen) atoms. The Bertz CT molecular complexity index is 2430. The number of likely N-dealkylation sites (N-methyl/N-ethyl adjacent to an activating group) is 1. The summed E-state index contributed by atoms with van der Waals surface area (Å²) in [7, 11) is 1.55. The molecule has 5 aliphatic rings. The van der Waals surface area contributed by atoms with Crippen LogP contribution in [0.2, 0.25) is 0 Å². The monoisotopic (exact) mass is 885 g/mol. The van der Waals surface area contributed by atoms with Gasteiger partial charge >= 0.3 is 17.9 Å². The Hall–Kier alpha value is -6.23. The summed E-state index contributed by atoms with van der Waals surface area (Å²) in [6.07, 6.45) is -2.09. The third-order valence-electron chi connectivity index (χ3n) is 13.2. The lowest BCUT2D eigenvalue weighted by Crippen LogP contribution is -2.70. The number of rotatable bonds is 14. The number of cyclic esters (lactones) is 1. The van der Waals surface area contributed by atoms with Crippen molar-refractivity contribution in [3.63, 3.8) is 0 Å². The standard InChI is InChI=1S/C50H51N3O12/c1-48(2)30-60-46(58)43(48)62-38(55)24-23-32-17-13-14-18-33(32)29-53-41-45(57)61-37-28-49(41,47(59)52(3)36(44(56)51-25-26-54)27-31-15-7-4-8-16-31)42(65-53)40-39(37)63-50(64-40,34-19-9-5-10-20-34)35-21-11-6-12-22-35/h4-24,36-37,39-43,54H,25-30H2,1-3H3,(H,51,56)/t36-,37-,39+,40+,41+,42-,43+,49+/m1/s1. The van der Waals surface area contributed by atoms with Crippen molar-refractivity contribution in [3.05, 3.63) is 149 Å². The summed E-state index contributed by atoms with van der Waals surface area (Å²) in [6.45, 7) is 3.30. The fourth-order valence-electron chi connectivity index (χ4n) is 9.94. The lowest BCUT2D eigenvalue weighted by molar-refractivity contribution is -0.214. The molecule has 4 aliphatic heterocycles. The summed E-state index contributed by atoms with van der Waals surface area (Å²) in [6, 6.07) is 32.9. The first kappa shape index (κ1) is 44.0. The van der Waals surface area contributed by atoms with E-state index in [0.29, 0.717) is 22.3 Å². The molecule has 2 N–H and O–H groups in total. The van der Waals surface area contributed by atoms with Gasteiger partial charge in [-0.25, -0.2) is 9.59 Å². The third-order valence-corrected chi connectivity index (χ3v) is 13.2. The summed E-state index contributed by atoms with van der Waals surface area (Å²) >= 11 is 0. The van der Waals surface area contributed by atoms with Crippen LogP contribution in [-0.2, 0) is 71.2 Å². The van der Waals surface area contributed by atoms with E-state index >= 15 is 4.79 Å². The van der Waals surface area contributed by atoms with Crippen molar-refractivity contribution >= 4 is 35.8 Å². The van der Waals surface area contributed by atoms with Crippen LogP contribution >= 0.6 is 0 Å². The first-order chi connectivity index (χ1) is 31.4. The molecule has 0 spiro atoms. The highest BCUT2D eigenvalue weighted by molar-refractivity contribution is 5.96. The maximum atomic E-state index is 15.8. The molecular weight excluding hydrogens is 835 g/mol. The number of nitrogens with zero attached hydrogens (tertiary/aromatic N) is 2. The summed E-state index contributed by atoms with van der Waals surface area (Å²) in [5.41, 5.74) is 0.995. The Labute approximate surface area is 376 Å². The molecule has 8 atom stereocenters. The van der Waals surface area contributed by atoms with Crippen LogP contribution < -0.4 is 5.32 Å². The van der Waals surface area contributed by atoms with Crippen LogP contribution in [0.25, 0.3) is 6.08 Å². The van der Waals surface area contributed by atoms with E-state index in [0.717, 1.165) is 5.56 Å². The first-order valence-corrected chi connectivity index (χ1v) is 21.8. The van der Waals surface area contributed by atoms with Gasteiger partial charge in [-0.1, -0.05) is 129 Å². The van der Waals surface area contributed by atoms with E-state index < -0.39 is 88.9 Å². The number of carbonyl (C=O) groups excluding carboxylic acids is 5. The number of carbonyl (C=O) groups is 5. The van der Waals surface area contributed by atoms with Gasteiger partial charge in [0.25, 0.3) is 0 Å². The predicted octanol–water partition coefficient (Wildman–Crippen LogP) is 3.86. The Morgan fingerprint density at radius 2 is 1.51 bits per heavy atom. The zero-order valence-corrected chi connectivity index (χ0v) is 36.2. The van der Waals surface area contributed by atoms with E-state index in [1.165, 1.54) is 16.0 Å². The number of benzene rings is 4. The van der Waals surface area contributed by atoms with Gasteiger partial charge in [0.15, 0.2) is 6.04 Å². The molecule has 15 heteroatoms. The van der Waals surface area contributed by atoms with Crippen molar-refractivity contribution in [2.75, 3.05) is 26.8 Å². The Morgan fingerprint density at radius 1 is 0.877 bits per heavy atom. The highest BCUT2D eigenvalue weighted by atomic mass is 16.8. The maximum Gasteiger partial charge on any atom is 0.348 e. The van der Waals surface area contributed by atoms with Gasteiger partial charge in [-0.05, 0) is 22.8 Å². The molecule has 4 aromatic carbocycles. The Morgan fingerprint density at radius 3 is 2.15 bits per heavy atom. The summed E-state index contributed by atoms with van der Waals surface area (Å²) in [4.78, 5) is 78.2. The van der Waals surface area contributed by atoms with Gasteiger partial charge in [0.1, 0.15) is 42.5 Å². The van der Waals surface area contributed by atoms with Crippen LogP contribution in [0.15, 0.2) is 121 Å². The van der Waals surface area contributed by atoms with Crippen LogP contribution in [-0.4, -0.2) is 114 Å². The van der Waals surface area contributed by atoms with E-state index in [1.807, 2.05) is 91.0 Å². The summed E-state index contributed by atoms with van der Waals surface area (Å²) < 4.78 is 31.1. The smallest absolute Gasteiger partial charge is 0.348 e. The molecule has 4 aromatic rings. The average Bonchev–Trinajstić information content (AvgIpc) is 3.98. The average molecular weight is 886 g/mol. The maximum absolute atomic E-state index is 15.8. The third kappa shape index (κ3) is 7.90. The molecule has 4 heterocycles. The van der Waals surface area contributed by atoms with E-state index in [1.54, 1.807) is 51.2 Å².